The van der Waals surface area contributed by atoms with E-state index >= 15 is 0 Å². The summed E-state index contributed by atoms with van der Waals surface area (Å²) in [6.45, 7) is 3.70. The van der Waals surface area contributed by atoms with E-state index in [-0.39, 0.29) is 18.7 Å². The average molecular weight is 573 g/mol. The van der Waals surface area contributed by atoms with Gasteiger partial charge in [-0.2, -0.15) is 5.10 Å². The molecule has 42 heavy (non-hydrogen) atoms. The minimum atomic E-state index is -2.83. The largest absolute Gasteiger partial charge is 0.351 e. The number of alkyl halides is 2. The van der Waals surface area contributed by atoms with Crippen LogP contribution in [0.2, 0.25) is 0 Å². The maximum absolute atomic E-state index is 14.8. The molecule has 2 N–H and O–H groups in total. The van der Waals surface area contributed by atoms with Crippen LogP contribution in [0.15, 0.2) is 67.0 Å². The van der Waals surface area contributed by atoms with E-state index in [1.54, 1.807) is 54.9 Å². The number of halogens is 2. The van der Waals surface area contributed by atoms with Gasteiger partial charge in [-0.25, -0.2) is 13.8 Å². The maximum atomic E-state index is 14.8. The number of nitrogens with one attached hydrogen (secondary N) is 2. The Balaban J connectivity index is 1.49. The smallest absolute Gasteiger partial charge is 0.252 e. The fourth-order valence-electron chi connectivity index (χ4n) is 5.90. The number of aryl methyl sites for hydroxylation is 2. The van der Waals surface area contributed by atoms with Gasteiger partial charge in [0.2, 0.25) is 11.8 Å². The fourth-order valence-corrected chi connectivity index (χ4v) is 5.90. The maximum Gasteiger partial charge on any atom is 0.252 e. The van der Waals surface area contributed by atoms with Gasteiger partial charge in [-0.05, 0) is 61.2 Å². The Kier molecular flexibility index (Phi) is 6.96. The summed E-state index contributed by atoms with van der Waals surface area (Å²) < 4.78 is 27.4. The van der Waals surface area contributed by atoms with E-state index in [1.165, 1.54) is 9.80 Å². The molecule has 1 aliphatic carbocycles. The predicted molar refractivity (Wildman–Crippen MR) is 153 cm³/mol. The number of carbonyl (C=O) groups is 3. The van der Waals surface area contributed by atoms with Gasteiger partial charge in [-0.3, -0.25) is 29.3 Å². The molecule has 6 rings (SSSR count). The SMILES string of the molecule is Cc1ccnc(N2C(=O)CC[C@H]2C(=O)N(c2cccc3[nH]ncc23)C(C(=O)NC2CC(F)(F)C2)c2ccccc2C)c1. The molecule has 1 aliphatic heterocycles. The van der Waals surface area contributed by atoms with E-state index in [0.29, 0.717) is 28.0 Å². The topological polar surface area (TPSA) is 111 Å². The molecule has 2 atom stereocenters. The molecule has 2 fully saturated rings. The summed E-state index contributed by atoms with van der Waals surface area (Å²) in [6, 6.07) is 13.1. The molecule has 2 aliphatic rings. The highest BCUT2D eigenvalue weighted by Gasteiger charge is 2.48. The molecule has 2 aromatic heterocycles. The van der Waals surface area contributed by atoms with Gasteiger partial charge in [-0.1, -0.05) is 30.3 Å². The van der Waals surface area contributed by atoms with Crippen LogP contribution in [0.5, 0.6) is 0 Å². The molecule has 216 valence electrons. The van der Waals surface area contributed by atoms with Crippen molar-refractivity contribution in [2.45, 2.75) is 63.6 Å². The second-order valence-corrected chi connectivity index (χ2v) is 11.1. The van der Waals surface area contributed by atoms with Gasteiger partial charge in [0.05, 0.1) is 17.4 Å². The molecule has 3 heterocycles. The van der Waals surface area contributed by atoms with E-state index in [0.717, 1.165) is 11.1 Å². The van der Waals surface area contributed by atoms with Gasteiger partial charge in [0.15, 0.2) is 0 Å². The molecule has 1 saturated heterocycles. The van der Waals surface area contributed by atoms with Crippen LogP contribution in [0.1, 0.15) is 48.4 Å². The highest BCUT2D eigenvalue weighted by Crippen LogP contribution is 2.40. The first-order chi connectivity index (χ1) is 20.1. The van der Waals surface area contributed by atoms with E-state index in [4.69, 9.17) is 0 Å². The summed E-state index contributed by atoms with van der Waals surface area (Å²) in [6.07, 6.45) is 2.59. The molecule has 1 unspecified atom stereocenters. The zero-order valence-corrected chi connectivity index (χ0v) is 23.2. The molecular formula is C31H30F2N6O3. The van der Waals surface area contributed by atoms with Crippen LogP contribution in [0.3, 0.4) is 0 Å². The van der Waals surface area contributed by atoms with Crippen molar-refractivity contribution in [2.24, 2.45) is 0 Å². The number of benzene rings is 2. The summed E-state index contributed by atoms with van der Waals surface area (Å²) in [5.74, 6) is -3.80. The number of nitrogens with zero attached hydrogens (tertiary/aromatic N) is 4. The zero-order valence-electron chi connectivity index (χ0n) is 23.2. The van der Waals surface area contributed by atoms with Crippen molar-refractivity contribution in [3.8, 4) is 0 Å². The van der Waals surface area contributed by atoms with E-state index in [1.807, 2.05) is 26.0 Å². The third-order valence-corrected chi connectivity index (χ3v) is 8.03. The molecular weight excluding hydrogens is 542 g/mol. The number of amides is 3. The number of fused-ring (bicyclic) bond motifs is 1. The van der Waals surface area contributed by atoms with Crippen molar-refractivity contribution in [1.82, 2.24) is 20.5 Å². The molecule has 0 radical (unpaired) electrons. The summed E-state index contributed by atoms with van der Waals surface area (Å²) in [5, 5.41) is 10.4. The molecule has 2 aromatic carbocycles. The van der Waals surface area contributed by atoms with Crippen LogP contribution in [0, 0.1) is 13.8 Å². The van der Waals surface area contributed by atoms with Crippen LogP contribution in [-0.2, 0) is 14.4 Å². The summed E-state index contributed by atoms with van der Waals surface area (Å²) in [7, 11) is 0. The van der Waals surface area contributed by atoms with E-state index < -0.39 is 48.7 Å². The molecule has 0 bridgehead atoms. The number of carbonyl (C=O) groups excluding carboxylic acids is 3. The Bertz CT molecular complexity index is 1680. The van der Waals surface area contributed by atoms with Crippen molar-refractivity contribution in [3.05, 3.63) is 83.7 Å². The van der Waals surface area contributed by atoms with Crippen LogP contribution in [0.25, 0.3) is 10.9 Å². The highest BCUT2D eigenvalue weighted by atomic mass is 19.3. The third kappa shape index (κ3) is 4.99. The first-order valence-corrected chi connectivity index (χ1v) is 13.9. The number of H-pyrrole nitrogens is 1. The van der Waals surface area contributed by atoms with Gasteiger partial charge in [0, 0.05) is 36.9 Å². The van der Waals surface area contributed by atoms with E-state index in [2.05, 4.69) is 20.5 Å². The molecule has 11 heteroatoms. The quantitative estimate of drug-likeness (QED) is 0.332. The Hall–Kier alpha value is -4.67. The van der Waals surface area contributed by atoms with Crippen molar-refractivity contribution in [1.29, 1.82) is 0 Å². The normalized spacial score (nSPS) is 19.0. The van der Waals surface area contributed by atoms with E-state index in [9.17, 15) is 23.2 Å². The van der Waals surface area contributed by atoms with Gasteiger partial charge >= 0.3 is 0 Å². The lowest BCUT2D eigenvalue weighted by Gasteiger charge is -2.39. The van der Waals surface area contributed by atoms with Crippen molar-refractivity contribution in [3.63, 3.8) is 0 Å². The lowest BCUT2D eigenvalue weighted by Crippen LogP contribution is -2.56. The number of rotatable bonds is 7. The Labute approximate surface area is 240 Å². The minimum absolute atomic E-state index is 0.133. The number of aromatic amines is 1. The van der Waals surface area contributed by atoms with Crippen molar-refractivity contribution in [2.75, 3.05) is 9.80 Å². The standard InChI is InChI=1S/C31H30F2N6O3/c1-18-12-13-34-26(14-18)38-25(10-11-27(38)40)30(42)39(24-9-5-8-23-22(24)17-35-37-23)28(21-7-4-3-6-19(21)2)29(41)36-20-15-31(32,33)16-20/h3-9,12-14,17,20,25,28H,10-11,15-16H2,1-2H3,(H,35,37)(H,36,41)/t25-,28?/m0/s1. The number of pyridine rings is 1. The van der Waals surface area contributed by atoms with Crippen LogP contribution in [0.4, 0.5) is 20.3 Å². The number of hydrogen-bond acceptors (Lipinski definition) is 5. The Morgan fingerprint density at radius 2 is 1.90 bits per heavy atom. The summed E-state index contributed by atoms with van der Waals surface area (Å²) >= 11 is 0. The zero-order chi connectivity index (χ0) is 29.6. The Morgan fingerprint density at radius 3 is 2.64 bits per heavy atom. The third-order valence-electron chi connectivity index (χ3n) is 8.03. The van der Waals surface area contributed by atoms with Crippen LogP contribution >= 0.6 is 0 Å². The number of anilines is 2. The molecule has 9 nitrogen and oxygen atoms in total. The molecule has 1 saturated carbocycles. The first-order valence-electron chi connectivity index (χ1n) is 13.9. The average Bonchev–Trinajstić information content (AvgIpc) is 3.57. The number of hydrogen-bond donors (Lipinski definition) is 2. The molecule has 3 amide bonds. The van der Waals surface area contributed by atoms with Gasteiger partial charge in [0.1, 0.15) is 17.9 Å². The second-order valence-electron chi connectivity index (χ2n) is 11.1. The van der Waals surface area contributed by atoms with Crippen LogP contribution in [-0.4, -0.2) is 50.9 Å². The summed E-state index contributed by atoms with van der Waals surface area (Å²) in [4.78, 5) is 49.2. The Morgan fingerprint density at radius 1 is 1.12 bits per heavy atom. The first kappa shape index (κ1) is 27.5. The minimum Gasteiger partial charge on any atom is -0.351 e. The van der Waals surface area contributed by atoms with Gasteiger partial charge in [-0.15, -0.1) is 0 Å². The second kappa shape index (κ2) is 10.6. The number of aromatic nitrogens is 3. The van der Waals surface area contributed by atoms with Gasteiger partial charge < -0.3 is 5.32 Å². The summed E-state index contributed by atoms with van der Waals surface area (Å²) in [5.41, 5.74) is 3.21. The fraction of sp³-hybridized carbons (Fsp3) is 0.323. The highest BCUT2D eigenvalue weighted by molar-refractivity contribution is 6.13. The van der Waals surface area contributed by atoms with Gasteiger partial charge in [0.25, 0.3) is 11.8 Å². The molecule has 4 aromatic rings. The monoisotopic (exact) mass is 572 g/mol. The van der Waals surface area contributed by atoms with Crippen molar-refractivity contribution < 1.29 is 23.2 Å². The lowest BCUT2D eigenvalue weighted by molar-refractivity contribution is -0.133. The lowest BCUT2D eigenvalue weighted by atomic mass is 9.87. The van der Waals surface area contributed by atoms with Crippen LogP contribution < -0.4 is 15.1 Å². The predicted octanol–water partition coefficient (Wildman–Crippen LogP) is 4.76. The van der Waals surface area contributed by atoms with Crippen molar-refractivity contribution >= 4 is 40.1 Å². The molecule has 0 spiro atoms.